The highest BCUT2D eigenvalue weighted by Crippen LogP contribution is 2.39. The molecule has 0 spiro atoms. The first-order valence-corrected chi connectivity index (χ1v) is 24.2. The van der Waals surface area contributed by atoms with Crippen LogP contribution in [0.3, 0.4) is 0 Å². The van der Waals surface area contributed by atoms with Gasteiger partial charge in [0, 0.05) is 49.7 Å². The molecule has 2 amide bonds. The molecule has 1 saturated carbocycles. The van der Waals surface area contributed by atoms with E-state index in [1.54, 1.807) is 10.4 Å². The number of imide groups is 1. The van der Waals surface area contributed by atoms with Gasteiger partial charge in [-0.3, -0.25) is 14.9 Å². The lowest BCUT2D eigenvalue weighted by Gasteiger charge is -2.47. The van der Waals surface area contributed by atoms with E-state index in [9.17, 15) is 18.0 Å². The number of rotatable bonds is 11. The van der Waals surface area contributed by atoms with Gasteiger partial charge in [0.05, 0.1) is 22.9 Å². The summed E-state index contributed by atoms with van der Waals surface area (Å²) in [5.74, 6) is 0.203. The number of hydrogen-bond donors (Lipinski definition) is 2. The molecular weight excluding hydrogens is 813 g/mol. The predicted molar refractivity (Wildman–Crippen MR) is 234 cm³/mol. The molecule has 9 rings (SSSR count). The Hall–Kier alpha value is -4.38. The van der Waals surface area contributed by atoms with Crippen molar-refractivity contribution in [3.63, 3.8) is 0 Å². The van der Waals surface area contributed by atoms with E-state index >= 15 is 8.78 Å². The van der Waals surface area contributed by atoms with Crippen LogP contribution in [0, 0.1) is 24.5 Å². The largest absolute Gasteiger partial charge is 0.351 e. The fourth-order valence-corrected chi connectivity index (χ4v) is 12.8. The van der Waals surface area contributed by atoms with E-state index in [0.29, 0.717) is 86.4 Å². The number of hydrogen-bond acceptors (Lipinski definition) is 10. The third-order valence-corrected chi connectivity index (χ3v) is 16.8. The van der Waals surface area contributed by atoms with E-state index in [1.807, 2.05) is 31.4 Å². The summed E-state index contributed by atoms with van der Waals surface area (Å²) in [5, 5.41) is 5.40. The van der Waals surface area contributed by atoms with Crippen molar-refractivity contribution in [1.29, 1.82) is 0 Å². The van der Waals surface area contributed by atoms with Gasteiger partial charge in [0.1, 0.15) is 17.0 Å². The number of aromatic nitrogens is 4. The van der Waals surface area contributed by atoms with E-state index in [2.05, 4.69) is 53.6 Å². The van der Waals surface area contributed by atoms with Crippen LogP contribution >= 0.6 is 0 Å². The number of amides is 2. The molecule has 13 nitrogen and oxygen atoms in total. The molecule has 0 bridgehead atoms. The molecule has 2 aromatic heterocycles. The van der Waals surface area contributed by atoms with Crippen molar-refractivity contribution in [1.82, 2.24) is 38.9 Å². The molecule has 2 N–H and O–H groups in total. The number of halogens is 2. The Balaban J connectivity index is 0.706. The van der Waals surface area contributed by atoms with Crippen LogP contribution < -0.4 is 10.6 Å². The summed E-state index contributed by atoms with van der Waals surface area (Å²) in [4.78, 5) is 42.2. The lowest BCUT2D eigenvalue weighted by Crippen LogP contribution is -2.52. The Morgan fingerprint density at radius 1 is 0.871 bits per heavy atom. The smallest absolute Gasteiger partial charge is 0.234 e. The van der Waals surface area contributed by atoms with Crippen molar-refractivity contribution in [2.75, 3.05) is 51.1 Å². The average Bonchev–Trinajstić information content (AvgIpc) is 3.59. The molecule has 0 radical (unpaired) electrons. The number of carbonyl (C=O) groups excluding carboxylic acids is 2. The number of nitrogens with zero attached hydrogens (tertiary/aromatic N) is 7. The van der Waals surface area contributed by atoms with E-state index in [4.69, 9.17) is 0 Å². The number of sulfonamides is 1. The van der Waals surface area contributed by atoms with Crippen LogP contribution in [0.5, 0.6) is 0 Å². The van der Waals surface area contributed by atoms with Crippen LogP contribution in [0.4, 0.5) is 14.7 Å². The standard InChI is InChI=1S/C46H59F2N9O4S/c1-28(2)57-29(3)50-44-39(47)24-34(25-41(44)57)43-40(48)26-49-46(53-43)51-35-11-19-56(20-12-35)62(60,61)37-13-15-54(16-14-37)27-30-21-36(22-30)55-17-9-31(10-18-55)32-5-4-6-33(23-32)38-7-8-42(58)52-45(38)59/h4-6,23-26,28,30-31,35-38H,7-22,27H2,1-3H3,(H,49,51,53)(H,52,58,59). The normalized spacial score (nSPS) is 24.5. The second-order valence-corrected chi connectivity index (χ2v) is 20.9. The van der Waals surface area contributed by atoms with E-state index in [-0.39, 0.29) is 52.2 Å². The molecule has 4 aromatic rings. The fraction of sp³-hybridized carbons (Fsp3) is 0.587. The van der Waals surface area contributed by atoms with Crippen LogP contribution in [0.15, 0.2) is 42.6 Å². The Morgan fingerprint density at radius 2 is 1.60 bits per heavy atom. The minimum absolute atomic E-state index is 0.00843. The molecular formula is C46H59F2N9O4S. The number of likely N-dealkylation sites (tertiary alicyclic amines) is 2. The van der Waals surface area contributed by atoms with Gasteiger partial charge in [0.2, 0.25) is 27.8 Å². The highest BCUT2D eigenvalue weighted by molar-refractivity contribution is 7.89. The maximum absolute atomic E-state index is 15.2. The van der Waals surface area contributed by atoms with Gasteiger partial charge in [-0.25, -0.2) is 36.5 Å². The summed E-state index contributed by atoms with van der Waals surface area (Å²) in [7, 11) is -3.45. The Kier molecular flexibility index (Phi) is 12.2. The number of nitrogens with one attached hydrogen (secondary N) is 2. The van der Waals surface area contributed by atoms with Crippen LogP contribution in [-0.4, -0.2) is 117 Å². The van der Waals surface area contributed by atoms with Gasteiger partial charge in [0.15, 0.2) is 11.6 Å². The number of imidazole rings is 1. The van der Waals surface area contributed by atoms with Crippen molar-refractivity contribution in [2.45, 2.75) is 120 Å². The maximum atomic E-state index is 15.2. The highest BCUT2D eigenvalue weighted by Gasteiger charge is 2.40. The zero-order valence-corrected chi connectivity index (χ0v) is 36.8. The molecule has 1 unspecified atom stereocenters. The molecule has 16 heteroatoms. The van der Waals surface area contributed by atoms with Crippen molar-refractivity contribution in [3.05, 3.63) is 71.2 Å². The number of anilines is 1. The third kappa shape index (κ3) is 8.76. The molecule has 6 heterocycles. The predicted octanol–water partition coefficient (Wildman–Crippen LogP) is 6.51. The van der Waals surface area contributed by atoms with Crippen molar-refractivity contribution < 1.29 is 26.8 Å². The lowest BCUT2D eigenvalue weighted by atomic mass is 9.77. The van der Waals surface area contributed by atoms with E-state index in [0.717, 1.165) is 57.3 Å². The number of benzene rings is 2. The molecule has 2 aromatic carbocycles. The Bertz CT molecular complexity index is 2420. The van der Waals surface area contributed by atoms with Gasteiger partial charge in [-0.1, -0.05) is 24.3 Å². The Morgan fingerprint density at radius 3 is 2.31 bits per heavy atom. The Labute approximate surface area is 363 Å². The molecule has 5 fully saturated rings. The summed E-state index contributed by atoms with van der Waals surface area (Å²) >= 11 is 0. The van der Waals surface area contributed by atoms with Gasteiger partial charge < -0.3 is 19.7 Å². The number of carbonyl (C=O) groups is 2. The van der Waals surface area contributed by atoms with Crippen LogP contribution in [0.25, 0.3) is 22.3 Å². The fourth-order valence-electron chi connectivity index (χ4n) is 10.9. The SMILES string of the molecule is Cc1nc2c(F)cc(-c3nc(NC4CCN(S(=O)(=O)C5CCN(CC6CC(N7CCC(c8cccc(C9CCC(=O)NC9=O)c8)CC7)C6)CC5)CC4)ncc3F)cc2n1C(C)C. The first-order chi connectivity index (χ1) is 29.8. The minimum Gasteiger partial charge on any atom is -0.351 e. The highest BCUT2D eigenvalue weighted by atomic mass is 32.2. The summed E-state index contributed by atoms with van der Waals surface area (Å²) in [6.07, 6.45) is 9.08. The van der Waals surface area contributed by atoms with E-state index in [1.165, 1.54) is 24.5 Å². The zero-order chi connectivity index (χ0) is 43.3. The molecule has 62 heavy (non-hydrogen) atoms. The maximum Gasteiger partial charge on any atom is 0.234 e. The second kappa shape index (κ2) is 17.6. The first-order valence-electron chi connectivity index (χ1n) is 22.7. The molecule has 332 valence electrons. The van der Waals surface area contributed by atoms with Gasteiger partial charge >= 0.3 is 0 Å². The topological polar surface area (TPSA) is 146 Å². The second-order valence-electron chi connectivity index (χ2n) is 18.7. The van der Waals surface area contributed by atoms with Crippen LogP contribution in [0.1, 0.15) is 113 Å². The number of aryl methyl sites for hydroxylation is 1. The van der Waals surface area contributed by atoms with Gasteiger partial charge in [0.25, 0.3) is 0 Å². The summed E-state index contributed by atoms with van der Waals surface area (Å²) in [5.41, 5.74) is 3.41. The zero-order valence-electron chi connectivity index (χ0n) is 36.0. The van der Waals surface area contributed by atoms with E-state index < -0.39 is 21.7 Å². The summed E-state index contributed by atoms with van der Waals surface area (Å²) in [6.45, 7) is 11.4. The van der Waals surface area contributed by atoms with Gasteiger partial charge in [-0.15, -0.1) is 0 Å². The molecule has 4 aliphatic heterocycles. The van der Waals surface area contributed by atoms with Crippen molar-refractivity contribution >= 4 is 38.8 Å². The van der Waals surface area contributed by atoms with Crippen LogP contribution in [-0.2, 0) is 19.6 Å². The molecule has 4 saturated heterocycles. The molecule has 5 aliphatic rings. The first kappa shape index (κ1) is 42.9. The molecule has 1 aliphatic carbocycles. The van der Waals surface area contributed by atoms with Crippen molar-refractivity contribution in [2.24, 2.45) is 5.92 Å². The van der Waals surface area contributed by atoms with Gasteiger partial charge in [-0.05, 0) is 140 Å². The van der Waals surface area contributed by atoms with Crippen molar-refractivity contribution in [3.8, 4) is 11.3 Å². The number of fused-ring (bicyclic) bond motifs is 1. The van der Waals surface area contributed by atoms with Crippen LogP contribution in [0.2, 0.25) is 0 Å². The summed E-state index contributed by atoms with van der Waals surface area (Å²) < 4.78 is 61.5. The lowest BCUT2D eigenvalue weighted by molar-refractivity contribution is -0.134. The summed E-state index contributed by atoms with van der Waals surface area (Å²) in [6, 6.07) is 12.0. The monoisotopic (exact) mass is 871 g/mol. The minimum atomic E-state index is -3.45. The number of piperidine rings is 4. The average molecular weight is 872 g/mol. The van der Waals surface area contributed by atoms with Gasteiger partial charge in [-0.2, -0.15) is 0 Å². The molecule has 1 atom stereocenters. The quantitative estimate of drug-likeness (QED) is 0.160. The third-order valence-electron chi connectivity index (χ3n) is 14.4.